The number of rotatable bonds is 4. The van der Waals surface area contributed by atoms with Gasteiger partial charge >= 0.3 is 0 Å². The summed E-state index contributed by atoms with van der Waals surface area (Å²) in [6, 6.07) is 16.1. The zero-order valence-corrected chi connectivity index (χ0v) is 14.4. The van der Waals surface area contributed by atoms with Crippen LogP contribution in [-0.2, 0) is 11.2 Å². The molecule has 1 fully saturated rings. The highest BCUT2D eigenvalue weighted by Gasteiger charge is 2.34. The van der Waals surface area contributed by atoms with Crippen LogP contribution in [0.4, 0.5) is 5.69 Å². The van der Waals surface area contributed by atoms with Gasteiger partial charge in [-0.3, -0.25) is 14.9 Å². The predicted molar refractivity (Wildman–Crippen MR) is 97.8 cm³/mol. The number of nitrogens with zero attached hydrogens (tertiary/aromatic N) is 2. The predicted octanol–water partition coefficient (Wildman–Crippen LogP) is 2.51. The van der Waals surface area contributed by atoms with Gasteiger partial charge < -0.3 is 10.6 Å². The lowest BCUT2D eigenvalue weighted by molar-refractivity contribution is -0.385. The summed E-state index contributed by atoms with van der Waals surface area (Å²) >= 11 is 0. The lowest BCUT2D eigenvalue weighted by Gasteiger charge is -2.16. The highest BCUT2D eigenvalue weighted by atomic mass is 35.5. The molecule has 0 unspecified atom stereocenters. The van der Waals surface area contributed by atoms with Crippen molar-refractivity contribution in [3.63, 3.8) is 0 Å². The van der Waals surface area contributed by atoms with E-state index in [1.807, 2.05) is 30.3 Å². The molecule has 0 saturated carbocycles. The number of nitrogens with two attached hydrogens (primary N) is 1. The van der Waals surface area contributed by atoms with Gasteiger partial charge in [0, 0.05) is 36.7 Å². The van der Waals surface area contributed by atoms with Crippen molar-refractivity contribution in [3.8, 4) is 0 Å². The molecule has 132 valence electrons. The van der Waals surface area contributed by atoms with Crippen LogP contribution >= 0.6 is 12.4 Å². The van der Waals surface area contributed by atoms with Gasteiger partial charge in [0.2, 0.25) is 5.91 Å². The number of hydrogen-bond donors (Lipinski definition) is 1. The summed E-state index contributed by atoms with van der Waals surface area (Å²) in [5, 5.41) is 11.1. The zero-order valence-electron chi connectivity index (χ0n) is 13.6. The molecule has 2 aromatic rings. The minimum absolute atomic E-state index is 0. The second kappa shape index (κ2) is 8.09. The van der Waals surface area contributed by atoms with E-state index in [9.17, 15) is 14.9 Å². The number of halogens is 1. The van der Waals surface area contributed by atoms with Crippen molar-refractivity contribution in [2.45, 2.75) is 18.4 Å². The van der Waals surface area contributed by atoms with Crippen LogP contribution in [-0.4, -0.2) is 34.9 Å². The molecular weight excluding hydrogens is 342 g/mol. The Kier molecular flexibility index (Phi) is 6.12. The largest absolute Gasteiger partial charge is 0.340 e. The van der Waals surface area contributed by atoms with Gasteiger partial charge in [-0.15, -0.1) is 12.4 Å². The van der Waals surface area contributed by atoms with Crippen molar-refractivity contribution in [3.05, 3.63) is 75.8 Å². The molecule has 0 aromatic heterocycles. The number of benzene rings is 2. The van der Waals surface area contributed by atoms with Crippen LogP contribution in [0.25, 0.3) is 0 Å². The summed E-state index contributed by atoms with van der Waals surface area (Å²) in [6.45, 7) is 1.02. The number of para-hydroxylation sites is 1. The third-order valence-electron chi connectivity index (χ3n) is 4.48. The number of nitro groups is 1. The van der Waals surface area contributed by atoms with E-state index in [2.05, 4.69) is 0 Å². The summed E-state index contributed by atoms with van der Waals surface area (Å²) in [5.74, 6) is -0.0286. The summed E-state index contributed by atoms with van der Waals surface area (Å²) in [4.78, 5) is 24.9. The van der Waals surface area contributed by atoms with Gasteiger partial charge in [-0.1, -0.05) is 48.5 Å². The van der Waals surface area contributed by atoms with Crippen molar-refractivity contribution in [1.82, 2.24) is 4.90 Å². The summed E-state index contributed by atoms with van der Waals surface area (Å²) in [5.41, 5.74) is 7.74. The van der Waals surface area contributed by atoms with Crippen molar-refractivity contribution in [1.29, 1.82) is 0 Å². The number of carbonyl (C=O) groups excluding carboxylic acids is 1. The fourth-order valence-corrected chi connectivity index (χ4v) is 3.20. The van der Waals surface area contributed by atoms with Crippen LogP contribution in [0.1, 0.15) is 17.0 Å². The maximum absolute atomic E-state index is 12.6. The summed E-state index contributed by atoms with van der Waals surface area (Å²) < 4.78 is 0. The fourth-order valence-electron chi connectivity index (χ4n) is 3.20. The van der Waals surface area contributed by atoms with E-state index < -0.39 is 4.92 Å². The average Bonchev–Trinajstić information content (AvgIpc) is 2.98. The quantitative estimate of drug-likeness (QED) is 0.669. The number of likely N-dealkylation sites (tertiary alicyclic amines) is 1. The second-order valence-electron chi connectivity index (χ2n) is 6.04. The monoisotopic (exact) mass is 361 g/mol. The molecule has 6 nitrogen and oxygen atoms in total. The van der Waals surface area contributed by atoms with Gasteiger partial charge in [-0.25, -0.2) is 0 Å². The topological polar surface area (TPSA) is 89.5 Å². The molecule has 2 aromatic carbocycles. The number of amides is 1. The molecule has 0 aliphatic carbocycles. The van der Waals surface area contributed by atoms with Gasteiger partial charge in [0.25, 0.3) is 5.69 Å². The Labute approximate surface area is 152 Å². The highest BCUT2D eigenvalue weighted by molar-refractivity contribution is 5.85. The third-order valence-corrected chi connectivity index (χ3v) is 4.48. The molecule has 1 amide bonds. The van der Waals surface area contributed by atoms with Gasteiger partial charge in [0.05, 0.1) is 11.3 Å². The van der Waals surface area contributed by atoms with E-state index in [4.69, 9.17) is 5.73 Å². The maximum Gasteiger partial charge on any atom is 0.273 e. The molecule has 25 heavy (non-hydrogen) atoms. The van der Waals surface area contributed by atoms with Crippen LogP contribution in [0.5, 0.6) is 0 Å². The summed E-state index contributed by atoms with van der Waals surface area (Å²) in [6.07, 6.45) is 0.0192. The minimum atomic E-state index is -0.453. The van der Waals surface area contributed by atoms with Crippen LogP contribution in [0.3, 0.4) is 0 Å². The zero-order chi connectivity index (χ0) is 17.1. The first-order chi connectivity index (χ1) is 11.6. The van der Waals surface area contributed by atoms with Crippen LogP contribution in [0.15, 0.2) is 54.6 Å². The molecule has 0 radical (unpaired) electrons. The molecular formula is C18H20ClN3O3. The lowest BCUT2D eigenvalue weighted by atomic mass is 9.95. The Bertz CT molecular complexity index is 754. The fraction of sp³-hybridized carbons (Fsp3) is 0.278. The molecule has 2 atom stereocenters. The van der Waals surface area contributed by atoms with Crippen LogP contribution in [0.2, 0.25) is 0 Å². The Hall–Kier alpha value is -2.44. The molecule has 1 aliphatic rings. The number of hydrogen-bond acceptors (Lipinski definition) is 4. The molecule has 0 bridgehead atoms. The van der Waals surface area contributed by atoms with Gasteiger partial charge in [-0.2, -0.15) is 0 Å². The smallest absolute Gasteiger partial charge is 0.273 e. The standard InChI is InChI=1S/C18H19N3O3.ClH/c19-16-12-20(11-15(16)13-6-2-1-3-7-13)18(22)10-14-8-4-5-9-17(14)21(23)24;/h1-9,15-16H,10-12,19H2;1H/t15-,16+;/m0./s1. The molecule has 1 aliphatic heterocycles. The van der Waals surface area contributed by atoms with E-state index in [1.54, 1.807) is 23.1 Å². The molecule has 2 N–H and O–H groups in total. The van der Waals surface area contributed by atoms with Crippen molar-refractivity contribution in [2.24, 2.45) is 5.73 Å². The average molecular weight is 362 g/mol. The Morgan fingerprint density at radius 2 is 1.76 bits per heavy atom. The SMILES string of the molecule is Cl.N[C@@H]1CN(C(=O)Cc2ccccc2[N+](=O)[O-])C[C@H]1c1ccccc1. The molecule has 1 heterocycles. The van der Waals surface area contributed by atoms with Crippen LogP contribution < -0.4 is 5.73 Å². The van der Waals surface area contributed by atoms with E-state index in [0.29, 0.717) is 18.7 Å². The van der Waals surface area contributed by atoms with Gasteiger partial charge in [0.1, 0.15) is 0 Å². The first kappa shape index (κ1) is 18.9. The molecule has 1 saturated heterocycles. The lowest BCUT2D eigenvalue weighted by Crippen LogP contribution is -2.33. The molecule has 3 rings (SSSR count). The van der Waals surface area contributed by atoms with E-state index in [1.165, 1.54) is 6.07 Å². The van der Waals surface area contributed by atoms with E-state index in [0.717, 1.165) is 5.56 Å². The third kappa shape index (κ3) is 4.15. The normalized spacial score (nSPS) is 19.3. The molecule has 7 heteroatoms. The van der Waals surface area contributed by atoms with Crippen LogP contribution in [0, 0.1) is 10.1 Å². The van der Waals surface area contributed by atoms with Crippen molar-refractivity contribution in [2.75, 3.05) is 13.1 Å². The number of carbonyl (C=O) groups is 1. The Morgan fingerprint density at radius 3 is 2.44 bits per heavy atom. The minimum Gasteiger partial charge on any atom is -0.340 e. The van der Waals surface area contributed by atoms with Gasteiger partial charge in [-0.05, 0) is 5.56 Å². The van der Waals surface area contributed by atoms with Crippen molar-refractivity contribution >= 4 is 24.0 Å². The highest BCUT2D eigenvalue weighted by Crippen LogP contribution is 2.27. The molecule has 0 spiro atoms. The van der Waals surface area contributed by atoms with E-state index in [-0.39, 0.29) is 42.4 Å². The Balaban J connectivity index is 0.00000225. The first-order valence-corrected chi connectivity index (χ1v) is 7.87. The van der Waals surface area contributed by atoms with Crippen molar-refractivity contribution < 1.29 is 9.72 Å². The first-order valence-electron chi connectivity index (χ1n) is 7.87. The maximum atomic E-state index is 12.6. The van der Waals surface area contributed by atoms with Gasteiger partial charge in [0.15, 0.2) is 0 Å². The second-order valence-corrected chi connectivity index (χ2v) is 6.04. The summed E-state index contributed by atoms with van der Waals surface area (Å²) in [7, 11) is 0. The van der Waals surface area contributed by atoms with E-state index >= 15 is 0 Å². The Morgan fingerprint density at radius 1 is 1.12 bits per heavy atom. The number of nitro benzene ring substituents is 1.